The molecule has 0 bridgehead atoms. The van der Waals surface area contributed by atoms with E-state index in [9.17, 15) is 5.26 Å². The highest BCUT2D eigenvalue weighted by Gasteiger charge is 2.17. The van der Waals surface area contributed by atoms with Crippen LogP contribution in [-0.4, -0.2) is 19.1 Å². The summed E-state index contributed by atoms with van der Waals surface area (Å²) in [5, 5.41) is 14.9. The number of aromatic nitrogens is 4. The Balaban J connectivity index is 1.04. The first-order valence-electron chi connectivity index (χ1n) is 19.4. The Morgan fingerprint density at radius 2 is 0.914 bits per heavy atom. The maximum absolute atomic E-state index is 9.98. The first kappa shape index (κ1) is 33.3. The van der Waals surface area contributed by atoms with Crippen LogP contribution in [0.2, 0.25) is 0 Å². The van der Waals surface area contributed by atoms with E-state index in [1.165, 1.54) is 32.6 Å². The summed E-state index contributed by atoms with van der Waals surface area (Å²) in [4.78, 5) is 10.2. The minimum absolute atomic E-state index is 0.572. The minimum Gasteiger partial charge on any atom is -0.309 e. The number of nitrogens with zero attached hydrogens (tertiary/aromatic N) is 5. The molecule has 0 N–H and O–H groups in total. The fourth-order valence-corrected chi connectivity index (χ4v) is 8.49. The van der Waals surface area contributed by atoms with E-state index in [1.807, 2.05) is 48.5 Å². The van der Waals surface area contributed by atoms with Gasteiger partial charge in [0.25, 0.3) is 0 Å². The van der Waals surface area contributed by atoms with Crippen LogP contribution in [0.5, 0.6) is 0 Å². The van der Waals surface area contributed by atoms with Crippen molar-refractivity contribution in [3.8, 4) is 62.5 Å². The van der Waals surface area contributed by atoms with Gasteiger partial charge in [-0.05, 0) is 71.8 Å². The molecule has 0 saturated carbocycles. The highest BCUT2D eigenvalue weighted by molar-refractivity contribution is 6.11. The highest BCUT2D eigenvalue weighted by Crippen LogP contribution is 2.37. The van der Waals surface area contributed by atoms with E-state index in [1.54, 1.807) is 0 Å². The molecule has 0 aliphatic heterocycles. The second-order valence-electron chi connectivity index (χ2n) is 14.5. The molecule has 11 rings (SSSR count). The van der Waals surface area contributed by atoms with Gasteiger partial charge in [0.1, 0.15) is 0 Å². The summed E-state index contributed by atoms with van der Waals surface area (Å²) >= 11 is 0. The van der Waals surface area contributed by atoms with E-state index in [0.717, 1.165) is 55.9 Å². The third-order valence-corrected chi connectivity index (χ3v) is 11.2. The van der Waals surface area contributed by atoms with E-state index in [-0.39, 0.29) is 0 Å². The quantitative estimate of drug-likeness (QED) is 0.171. The van der Waals surface area contributed by atoms with E-state index < -0.39 is 0 Å². The Morgan fingerprint density at radius 1 is 0.362 bits per heavy atom. The van der Waals surface area contributed by atoms with Crippen molar-refractivity contribution in [1.82, 2.24) is 19.1 Å². The summed E-state index contributed by atoms with van der Waals surface area (Å²) < 4.78 is 4.70. The number of nitriles is 1. The lowest BCUT2D eigenvalue weighted by atomic mass is 10.0. The zero-order valence-electron chi connectivity index (χ0n) is 31.3. The average molecular weight is 740 g/mol. The van der Waals surface area contributed by atoms with Crippen LogP contribution in [0.4, 0.5) is 0 Å². The van der Waals surface area contributed by atoms with E-state index in [0.29, 0.717) is 17.1 Å². The van der Waals surface area contributed by atoms with Crippen LogP contribution in [0.1, 0.15) is 5.56 Å². The zero-order valence-corrected chi connectivity index (χ0v) is 31.3. The predicted molar refractivity (Wildman–Crippen MR) is 237 cm³/mol. The molecular formula is C53H33N5. The first-order valence-corrected chi connectivity index (χ1v) is 19.4. The smallest absolute Gasteiger partial charge is 0.160 e. The highest BCUT2D eigenvalue weighted by atomic mass is 15.0. The van der Waals surface area contributed by atoms with Crippen molar-refractivity contribution < 1.29 is 0 Å². The van der Waals surface area contributed by atoms with Crippen LogP contribution in [0.25, 0.3) is 100 Å². The van der Waals surface area contributed by atoms with Crippen LogP contribution >= 0.6 is 0 Å². The number of hydrogen-bond donors (Lipinski definition) is 0. The largest absolute Gasteiger partial charge is 0.309 e. The van der Waals surface area contributed by atoms with Crippen LogP contribution < -0.4 is 0 Å². The number of benzene rings is 8. The fourth-order valence-electron chi connectivity index (χ4n) is 8.49. The van der Waals surface area contributed by atoms with Gasteiger partial charge in [-0.2, -0.15) is 5.26 Å². The normalized spacial score (nSPS) is 11.4. The maximum Gasteiger partial charge on any atom is 0.160 e. The maximum atomic E-state index is 9.98. The molecule has 0 unspecified atom stereocenters. The van der Waals surface area contributed by atoms with Gasteiger partial charge >= 0.3 is 0 Å². The lowest BCUT2D eigenvalue weighted by molar-refractivity contribution is 1.16. The summed E-state index contributed by atoms with van der Waals surface area (Å²) in [5.41, 5.74) is 13.8. The van der Waals surface area contributed by atoms with Gasteiger partial charge in [0.15, 0.2) is 5.82 Å². The molecule has 0 fully saturated rings. The Hall–Kier alpha value is -8.07. The summed E-state index contributed by atoms with van der Waals surface area (Å²) in [6.45, 7) is 0. The number of fused-ring (bicyclic) bond motifs is 6. The Labute approximate surface area is 335 Å². The molecule has 58 heavy (non-hydrogen) atoms. The van der Waals surface area contributed by atoms with Crippen molar-refractivity contribution in [3.05, 3.63) is 206 Å². The molecule has 8 aromatic carbocycles. The Kier molecular flexibility index (Phi) is 7.80. The molecule has 0 radical (unpaired) electrons. The molecule has 0 aliphatic rings. The number of rotatable bonds is 6. The minimum atomic E-state index is 0.572. The lowest BCUT2D eigenvalue weighted by Crippen LogP contribution is -1.99. The van der Waals surface area contributed by atoms with Crippen LogP contribution in [-0.2, 0) is 0 Å². The average Bonchev–Trinajstić information content (AvgIpc) is 3.82. The van der Waals surface area contributed by atoms with Crippen LogP contribution in [0.15, 0.2) is 200 Å². The molecule has 0 saturated heterocycles. The van der Waals surface area contributed by atoms with Crippen molar-refractivity contribution in [2.45, 2.75) is 0 Å². The summed E-state index contributed by atoms with van der Waals surface area (Å²) in [6, 6.07) is 72.0. The molecule has 3 aromatic heterocycles. The van der Waals surface area contributed by atoms with Crippen molar-refractivity contribution in [2.24, 2.45) is 0 Å². The second-order valence-corrected chi connectivity index (χ2v) is 14.5. The van der Waals surface area contributed by atoms with Crippen molar-refractivity contribution >= 4 is 43.6 Å². The Morgan fingerprint density at radius 3 is 1.60 bits per heavy atom. The molecule has 0 atom stereocenters. The van der Waals surface area contributed by atoms with Crippen molar-refractivity contribution in [3.63, 3.8) is 0 Å². The van der Waals surface area contributed by atoms with Gasteiger partial charge in [0.05, 0.1) is 45.1 Å². The number of hydrogen-bond acceptors (Lipinski definition) is 3. The van der Waals surface area contributed by atoms with E-state index >= 15 is 0 Å². The fraction of sp³-hybridized carbons (Fsp3) is 0. The summed E-state index contributed by atoms with van der Waals surface area (Å²) in [7, 11) is 0. The third-order valence-electron chi connectivity index (χ3n) is 11.2. The molecule has 5 nitrogen and oxygen atoms in total. The monoisotopic (exact) mass is 739 g/mol. The van der Waals surface area contributed by atoms with Crippen molar-refractivity contribution in [1.29, 1.82) is 5.26 Å². The van der Waals surface area contributed by atoms with Crippen LogP contribution in [0, 0.1) is 11.3 Å². The first-order chi connectivity index (χ1) is 28.7. The molecule has 11 aromatic rings. The summed E-state index contributed by atoms with van der Waals surface area (Å²) in [6.07, 6.45) is 0. The van der Waals surface area contributed by atoms with Crippen molar-refractivity contribution in [2.75, 3.05) is 0 Å². The summed E-state index contributed by atoms with van der Waals surface area (Å²) in [5.74, 6) is 0.593. The van der Waals surface area contributed by atoms with Gasteiger partial charge in [-0.3, -0.25) is 0 Å². The lowest BCUT2D eigenvalue weighted by Gasteiger charge is -2.13. The van der Waals surface area contributed by atoms with Gasteiger partial charge in [-0.15, -0.1) is 0 Å². The third kappa shape index (κ3) is 5.47. The van der Waals surface area contributed by atoms with Gasteiger partial charge in [0.2, 0.25) is 0 Å². The van der Waals surface area contributed by atoms with Gasteiger partial charge in [0, 0.05) is 49.6 Å². The number of para-hydroxylation sites is 3. The molecule has 270 valence electrons. The molecule has 0 amide bonds. The molecule has 0 aliphatic carbocycles. The topological polar surface area (TPSA) is 59.4 Å². The van der Waals surface area contributed by atoms with Crippen LogP contribution in [0.3, 0.4) is 0 Å². The SMILES string of the molecule is N#Cc1ccccc1-c1cc(-c2ccccc2)nc(-c2cccc(-n3c4ccccc4c4ccc(-c5ccc(-n6c7ccccc7c7ccccc76)cc5)cc43)c2)n1. The van der Waals surface area contributed by atoms with Gasteiger partial charge < -0.3 is 9.13 Å². The van der Waals surface area contributed by atoms with E-state index in [4.69, 9.17) is 9.97 Å². The molecule has 5 heteroatoms. The zero-order chi connectivity index (χ0) is 38.6. The standard InChI is InChI=1S/C53H33N5/c54-34-39-15-4-5-18-42(39)48-33-47(36-13-2-1-3-14-36)55-53(56-48)38-16-12-17-41(31-38)58-51-24-11-8-21-45(51)46-30-27-37(32-52(46)58)35-25-28-40(29-26-35)57-49-22-9-6-19-43(49)44-20-7-10-23-50(44)57/h1-33H. The van der Waals surface area contributed by atoms with E-state index in [2.05, 4.69) is 167 Å². The second kappa shape index (κ2) is 13.6. The van der Waals surface area contributed by atoms with Gasteiger partial charge in [-0.1, -0.05) is 140 Å². The molecular weight excluding hydrogens is 707 g/mol. The predicted octanol–water partition coefficient (Wildman–Crippen LogP) is 13.2. The molecule has 3 heterocycles. The Bertz CT molecular complexity index is 3350. The van der Waals surface area contributed by atoms with Gasteiger partial charge in [-0.25, -0.2) is 9.97 Å². The molecule has 0 spiro atoms.